The van der Waals surface area contributed by atoms with Crippen molar-refractivity contribution in [2.75, 3.05) is 25.1 Å². The van der Waals surface area contributed by atoms with Gasteiger partial charge in [-0.05, 0) is 63.1 Å². The highest BCUT2D eigenvalue weighted by atomic mass is 35.5. The van der Waals surface area contributed by atoms with Crippen molar-refractivity contribution in [3.05, 3.63) is 82.9 Å². The summed E-state index contributed by atoms with van der Waals surface area (Å²) in [5.74, 6) is -0.347. The molecule has 3 aromatic carbocycles. The molecule has 0 saturated carbocycles. The van der Waals surface area contributed by atoms with Crippen LogP contribution in [0, 0.1) is 6.92 Å². The van der Waals surface area contributed by atoms with Gasteiger partial charge >= 0.3 is 0 Å². The molecule has 9 nitrogen and oxygen atoms in total. The van der Waals surface area contributed by atoms with Crippen molar-refractivity contribution in [1.82, 2.24) is 10.2 Å². The van der Waals surface area contributed by atoms with E-state index in [1.54, 1.807) is 55.5 Å². The predicted molar refractivity (Wildman–Crippen MR) is 165 cm³/mol. The number of sulfonamides is 1. The second kappa shape index (κ2) is 14.4. The van der Waals surface area contributed by atoms with Crippen LogP contribution in [-0.2, 0) is 26.2 Å². The lowest BCUT2D eigenvalue weighted by atomic mass is 10.1. The first-order chi connectivity index (χ1) is 19.9. The molecule has 0 aliphatic heterocycles. The van der Waals surface area contributed by atoms with Gasteiger partial charge in [-0.2, -0.15) is 0 Å². The summed E-state index contributed by atoms with van der Waals surface area (Å²) in [6, 6.07) is 17.0. The number of methoxy groups -OCH3 is 2. The molecule has 1 N–H and O–H groups in total. The van der Waals surface area contributed by atoms with Crippen molar-refractivity contribution >= 4 is 39.1 Å². The van der Waals surface area contributed by atoms with Gasteiger partial charge in [-0.3, -0.25) is 13.9 Å². The van der Waals surface area contributed by atoms with Crippen molar-refractivity contribution in [2.24, 2.45) is 0 Å². The lowest BCUT2D eigenvalue weighted by Gasteiger charge is -2.34. The minimum Gasteiger partial charge on any atom is -0.497 e. The zero-order chi connectivity index (χ0) is 31.0. The molecule has 11 heteroatoms. The Morgan fingerprint density at radius 1 is 0.976 bits per heavy atom. The molecular formula is C31H38ClN3O6S. The molecule has 42 heavy (non-hydrogen) atoms. The summed E-state index contributed by atoms with van der Waals surface area (Å²) in [7, 11) is -1.41. The molecule has 0 saturated heterocycles. The smallest absolute Gasteiger partial charge is 0.264 e. The first kappa shape index (κ1) is 32.8. The SMILES string of the molecule is CC[C@@H](C(=O)NC(C)C)N(Cc1ccccc1Cl)C(=O)CN(c1cc(OC)ccc1OC)S(=O)(=O)c1ccc(C)cc1. The van der Waals surface area contributed by atoms with Crippen LogP contribution in [0.25, 0.3) is 0 Å². The number of hydrogen-bond donors (Lipinski definition) is 1. The molecule has 0 aliphatic carbocycles. The molecule has 0 bridgehead atoms. The molecule has 0 spiro atoms. The maximum atomic E-state index is 14.2. The minimum atomic E-state index is -4.29. The Morgan fingerprint density at radius 3 is 2.21 bits per heavy atom. The number of carbonyl (C=O) groups excluding carboxylic acids is 2. The van der Waals surface area contributed by atoms with Gasteiger partial charge in [0.1, 0.15) is 24.1 Å². The summed E-state index contributed by atoms with van der Waals surface area (Å²) in [4.78, 5) is 28.9. The van der Waals surface area contributed by atoms with Crippen LogP contribution >= 0.6 is 11.6 Å². The zero-order valence-electron chi connectivity index (χ0n) is 24.8. The average molecular weight is 616 g/mol. The van der Waals surface area contributed by atoms with Crippen LogP contribution in [0.3, 0.4) is 0 Å². The van der Waals surface area contributed by atoms with E-state index >= 15 is 0 Å². The van der Waals surface area contributed by atoms with Gasteiger partial charge in [-0.15, -0.1) is 0 Å². The summed E-state index contributed by atoms with van der Waals surface area (Å²) >= 11 is 6.45. The van der Waals surface area contributed by atoms with E-state index < -0.39 is 28.5 Å². The van der Waals surface area contributed by atoms with Gasteiger partial charge in [-0.25, -0.2) is 8.42 Å². The fourth-order valence-corrected chi connectivity index (χ4v) is 6.06. The van der Waals surface area contributed by atoms with E-state index in [0.717, 1.165) is 9.87 Å². The number of hydrogen-bond acceptors (Lipinski definition) is 6. The van der Waals surface area contributed by atoms with Crippen molar-refractivity contribution in [1.29, 1.82) is 0 Å². The molecule has 1 atom stereocenters. The third-order valence-corrected chi connectivity index (χ3v) is 8.80. The Bertz CT molecular complexity index is 1490. The molecular weight excluding hydrogens is 578 g/mol. The van der Waals surface area contributed by atoms with E-state index in [0.29, 0.717) is 22.8 Å². The quantitative estimate of drug-likeness (QED) is 0.284. The Kier molecular flexibility index (Phi) is 11.2. The zero-order valence-corrected chi connectivity index (χ0v) is 26.3. The standard InChI is InChI=1S/C31H38ClN3O6S/c1-7-27(31(37)33-21(2)3)34(19-23-10-8-9-11-26(23)32)30(36)20-35(28-18-24(40-5)14-17-29(28)41-6)42(38,39)25-15-12-22(4)13-16-25/h8-18,21,27H,7,19-20H2,1-6H3,(H,33,37)/t27-/m0/s1. The second-order valence-corrected chi connectivity index (χ2v) is 12.3. The van der Waals surface area contributed by atoms with Gasteiger partial charge in [0.25, 0.3) is 10.0 Å². The van der Waals surface area contributed by atoms with Crippen LogP contribution in [0.5, 0.6) is 11.5 Å². The van der Waals surface area contributed by atoms with E-state index in [4.69, 9.17) is 21.1 Å². The topological polar surface area (TPSA) is 105 Å². The summed E-state index contributed by atoms with van der Waals surface area (Å²) < 4.78 is 40.2. The summed E-state index contributed by atoms with van der Waals surface area (Å²) in [6.07, 6.45) is 0.294. The lowest BCUT2D eigenvalue weighted by Crippen LogP contribution is -2.53. The third kappa shape index (κ3) is 7.74. The van der Waals surface area contributed by atoms with Crippen LogP contribution < -0.4 is 19.1 Å². The maximum Gasteiger partial charge on any atom is 0.264 e. The highest BCUT2D eigenvalue weighted by Crippen LogP contribution is 2.36. The summed E-state index contributed by atoms with van der Waals surface area (Å²) in [5, 5.41) is 3.30. The van der Waals surface area contributed by atoms with Gasteiger partial charge in [0.05, 0.1) is 24.8 Å². The van der Waals surface area contributed by atoms with Gasteiger partial charge in [0.2, 0.25) is 11.8 Å². The number of nitrogens with zero attached hydrogens (tertiary/aromatic N) is 2. The molecule has 226 valence electrons. The van der Waals surface area contributed by atoms with Crippen LogP contribution in [-0.4, -0.2) is 58.0 Å². The molecule has 3 aromatic rings. The van der Waals surface area contributed by atoms with Gasteiger partial charge in [-0.1, -0.05) is 54.4 Å². The van der Waals surface area contributed by atoms with Gasteiger partial charge in [0.15, 0.2) is 0 Å². The Hall–Kier alpha value is -3.76. The minimum absolute atomic E-state index is 0.00378. The summed E-state index contributed by atoms with van der Waals surface area (Å²) in [6.45, 7) is 6.68. The number of carbonyl (C=O) groups is 2. The number of aryl methyl sites for hydroxylation is 1. The molecule has 0 aromatic heterocycles. The van der Waals surface area contributed by atoms with Gasteiger partial charge in [0, 0.05) is 23.7 Å². The Morgan fingerprint density at radius 2 is 1.64 bits per heavy atom. The van der Waals surface area contributed by atoms with E-state index in [9.17, 15) is 18.0 Å². The number of benzene rings is 3. The third-order valence-electron chi connectivity index (χ3n) is 6.66. The highest BCUT2D eigenvalue weighted by molar-refractivity contribution is 7.92. The maximum absolute atomic E-state index is 14.2. The number of ether oxygens (including phenoxy) is 2. The molecule has 0 aliphatic rings. The first-order valence-electron chi connectivity index (χ1n) is 13.6. The van der Waals surface area contributed by atoms with Crippen molar-refractivity contribution < 1.29 is 27.5 Å². The lowest BCUT2D eigenvalue weighted by molar-refractivity contribution is -0.140. The average Bonchev–Trinajstić information content (AvgIpc) is 2.96. The molecule has 0 fully saturated rings. The van der Waals surface area contributed by atoms with Crippen LogP contribution in [0.1, 0.15) is 38.3 Å². The molecule has 0 unspecified atom stereocenters. The van der Waals surface area contributed by atoms with Crippen molar-refractivity contribution in [2.45, 2.75) is 57.6 Å². The predicted octanol–water partition coefficient (Wildman–Crippen LogP) is 5.19. The van der Waals surface area contributed by atoms with E-state index in [-0.39, 0.29) is 34.8 Å². The monoisotopic (exact) mass is 615 g/mol. The van der Waals surface area contributed by atoms with Crippen LogP contribution in [0.15, 0.2) is 71.6 Å². The molecule has 0 radical (unpaired) electrons. The number of anilines is 1. The van der Waals surface area contributed by atoms with E-state index in [2.05, 4.69) is 5.32 Å². The largest absolute Gasteiger partial charge is 0.497 e. The molecule has 3 rings (SSSR count). The fraction of sp³-hybridized carbons (Fsp3) is 0.355. The van der Waals surface area contributed by atoms with Gasteiger partial charge < -0.3 is 19.7 Å². The fourth-order valence-electron chi connectivity index (χ4n) is 4.45. The number of amides is 2. The van der Waals surface area contributed by atoms with E-state index in [1.165, 1.54) is 37.3 Å². The number of nitrogens with one attached hydrogen (secondary N) is 1. The Labute approximate surface area is 253 Å². The second-order valence-electron chi connectivity index (χ2n) is 10.1. The molecule has 2 amide bonds. The first-order valence-corrected chi connectivity index (χ1v) is 15.4. The summed E-state index contributed by atoms with van der Waals surface area (Å²) in [5.41, 5.74) is 1.61. The number of rotatable bonds is 13. The molecule has 0 heterocycles. The Balaban J connectivity index is 2.17. The van der Waals surface area contributed by atoms with Crippen LogP contribution in [0.2, 0.25) is 5.02 Å². The van der Waals surface area contributed by atoms with Crippen LogP contribution in [0.4, 0.5) is 5.69 Å². The van der Waals surface area contributed by atoms with Crippen molar-refractivity contribution in [3.63, 3.8) is 0 Å². The highest BCUT2D eigenvalue weighted by Gasteiger charge is 2.35. The number of halogens is 1. The normalized spacial score (nSPS) is 12.0. The van der Waals surface area contributed by atoms with E-state index in [1.807, 2.05) is 20.8 Å². The van der Waals surface area contributed by atoms with Crippen molar-refractivity contribution in [3.8, 4) is 11.5 Å².